The molecule has 0 saturated carbocycles. The number of benzene rings is 1. The molecule has 0 bridgehead atoms. The number of ketones is 1. The number of thiophene rings is 1. The summed E-state index contributed by atoms with van der Waals surface area (Å²) in [6.45, 7) is 0. The van der Waals surface area contributed by atoms with Gasteiger partial charge in [-0.2, -0.15) is 11.3 Å². The van der Waals surface area contributed by atoms with E-state index in [1.807, 2.05) is 53.4 Å². The molecule has 82 valence electrons. The van der Waals surface area contributed by atoms with Crippen molar-refractivity contribution in [2.75, 3.05) is 6.26 Å². The van der Waals surface area contributed by atoms with Crippen LogP contribution in [0.1, 0.15) is 21.2 Å². The van der Waals surface area contributed by atoms with Crippen LogP contribution in [0.2, 0.25) is 0 Å². The minimum Gasteiger partial charge on any atom is -0.293 e. The lowest BCUT2D eigenvalue weighted by atomic mass is 10.1. The van der Waals surface area contributed by atoms with Crippen LogP contribution >= 0.6 is 23.1 Å². The summed E-state index contributed by atoms with van der Waals surface area (Å²) < 4.78 is 0. The van der Waals surface area contributed by atoms with E-state index >= 15 is 0 Å². The molecule has 1 atom stereocenters. The summed E-state index contributed by atoms with van der Waals surface area (Å²) in [6.07, 6.45) is 1.97. The molecule has 1 unspecified atom stereocenters. The van der Waals surface area contributed by atoms with Gasteiger partial charge >= 0.3 is 0 Å². The van der Waals surface area contributed by atoms with Gasteiger partial charge in [-0.05, 0) is 23.3 Å². The van der Waals surface area contributed by atoms with Crippen molar-refractivity contribution in [1.82, 2.24) is 0 Å². The lowest BCUT2D eigenvalue weighted by Gasteiger charge is -2.12. The van der Waals surface area contributed by atoms with Gasteiger partial charge in [-0.25, -0.2) is 0 Å². The van der Waals surface area contributed by atoms with E-state index in [0.717, 1.165) is 11.1 Å². The normalized spacial score (nSPS) is 12.3. The van der Waals surface area contributed by atoms with Crippen LogP contribution in [0.5, 0.6) is 0 Å². The average Bonchev–Trinajstić information content (AvgIpc) is 2.85. The quantitative estimate of drug-likeness (QED) is 0.760. The molecule has 1 heterocycles. The monoisotopic (exact) mass is 248 g/mol. The van der Waals surface area contributed by atoms with Crippen molar-refractivity contribution in [1.29, 1.82) is 0 Å². The Kier molecular flexibility index (Phi) is 3.80. The fourth-order valence-corrected chi connectivity index (χ4v) is 3.00. The lowest BCUT2D eigenvalue weighted by Crippen LogP contribution is -2.08. The minimum absolute atomic E-state index is 0.0872. The third kappa shape index (κ3) is 2.36. The Bertz CT molecular complexity index is 448. The van der Waals surface area contributed by atoms with Crippen LogP contribution < -0.4 is 0 Å². The first kappa shape index (κ1) is 11.4. The summed E-state index contributed by atoms with van der Waals surface area (Å²) in [5.74, 6) is 0.194. The lowest BCUT2D eigenvalue weighted by molar-refractivity contribution is 0.0990. The van der Waals surface area contributed by atoms with Crippen molar-refractivity contribution >= 4 is 28.9 Å². The average molecular weight is 248 g/mol. The van der Waals surface area contributed by atoms with Gasteiger partial charge in [0.1, 0.15) is 0 Å². The van der Waals surface area contributed by atoms with Crippen LogP contribution in [0.4, 0.5) is 0 Å². The third-order valence-corrected chi connectivity index (χ3v) is 4.02. The van der Waals surface area contributed by atoms with E-state index in [4.69, 9.17) is 0 Å². The zero-order valence-electron chi connectivity index (χ0n) is 8.92. The topological polar surface area (TPSA) is 17.1 Å². The summed E-state index contributed by atoms with van der Waals surface area (Å²) in [5, 5.41) is 3.76. The van der Waals surface area contributed by atoms with E-state index in [1.54, 1.807) is 23.1 Å². The highest BCUT2D eigenvalue weighted by molar-refractivity contribution is 7.99. The van der Waals surface area contributed by atoms with Gasteiger partial charge in [-0.15, -0.1) is 11.8 Å². The standard InChI is InChI=1S/C13H12OS2/c1-15-13(10-5-3-2-4-6-10)12(14)11-7-8-16-9-11/h2-9,13H,1H3. The first-order valence-corrected chi connectivity index (χ1v) is 7.20. The zero-order chi connectivity index (χ0) is 11.4. The minimum atomic E-state index is -0.0872. The number of carbonyl (C=O) groups is 1. The molecule has 0 spiro atoms. The third-order valence-electron chi connectivity index (χ3n) is 2.38. The number of rotatable bonds is 4. The van der Waals surface area contributed by atoms with Crippen LogP contribution in [-0.2, 0) is 0 Å². The highest BCUT2D eigenvalue weighted by Crippen LogP contribution is 2.30. The molecule has 0 fully saturated rings. The second kappa shape index (κ2) is 5.32. The number of thioether (sulfide) groups is 1. The fraction of sp³-hybridized carbons (Fsp3) is 0.154. The van der Waals surface area contributed by atoms with Crippen LogP contribution in [-0.4, -0.2) is 12.0 Å². The van der Waals surface area contributed by atoms with Gasteiger partial charge in [0.25, 0.3) is 0 Å². The van der Waals surface area contributed by atoms with Crippen molar-refractivity contribution in [3.05, 3.63) is 58.3 Å². The number of hydrogen-bond acceptors (Lipinski definition) is 3. The van der Waals surface area contributed by atoms with Crippen molar-refractivity contribution in [3.8, 4) is 0 Å². The molecule has 1 aromatic heterocycles. The van der Waals surface area contributed by atoms with Crippen LogP contribution in [0, 0.1) is 0 Å². The van der Waals surface area contributed by atoms with Gasteiger partial charge in [0.15, 0.2) is 5.78 Å². The second-order valence-corrected chi connectivity index (χ2v) is 5.13. The SMILES string of the molecule is CSC(C(=O)c1ccsc1)c1ccccc1. The summed E-state index contributed by atoms with van der Waals surface area (Å²) in [7, 11) is 0. The molecular weight excluding hydrogens is 236 g/mol. The maximum absolute atomic E-state index is 12.2. The van der Waals surface area contributed by atoms with E-state index in [-0.39, 0.29) is 11.0 Å². The first-order chi connectivity index (χ1) is 7.83. The van der Waals surface area contributed by atoms with E-state index in [2.05, 4.69) is 0 Å². The summed E-state index contributed by atoms with van der Waals surface area (Å²) in [4.78, 5) is 12.2. The molecule has 1 aromatic carbocycles. The largest absolute Gasteiger partial charge is 0.293 e. The highest BCUT2D eigenvalue weighted by Gasteiger charge is 2.20. The number of Topliss-reactive ketones (excluding diaryl/α,β-unsaturated/α-hetero) is 1. The Morgan fingerprint density at radius 2 is 2.00 bits per heavy atom. The van der Waals surface area contributed by atoms with Crippen LogP contribution in [0.15, 0.2) is 47.2 Å². The molecule has 0 aliphatic rings. The Hall–Kier alpha value is -1.06. The predicted molar refractivity (Wildman–Crippen MR) is 71.3 cm³/mol. The smallest absolute Gasteiger partial charge is 0.181 e. The number of hydrogen-bond donors (Lipinski definition) is 0. The van der Waals surface area contributed by atoms with Gasteiger partial charge in [-0.3, -0.25) is 4.79 Å². The molecule has 0 aliphatic heterocycles. The first-order valence-electron chi connectivity index (χ1n) is 4.97. The van der Waals surface area contributed by atoms with Crippen molar-refractivity contribution in [2.24, 2.45) is 0 Å². The molecule has 0 radical (unpaired) electrons. The molecule has 2 rings (SSSR count). The van der Waals surface area contributed by atoms with Gasteiger partial charge in [0, 0.05) is 10.9 Å². The summed E-state index contributed by atoms with van der Waals surface area (Å²) in [5.41, 5.74) is 1.89. The van der Waals surface area contributed by atoms with E-state index in [9.17, 15) is 4.79 Å². The summed E-state index contributed by atoms with van der Waals surface area (Å²) >= 11 is 3.15. The van der Waals surface area contributed by atoms with Gasteiger partial charge in [0.05, 0.1) is 5.25 Å². The Morgan fingerprint density at radius 3 is 2.56 bits per heavy atom. The maximum atomic E-state index is 12.2. The second-order valence-electron chi connectivity index (χ2n) is 3.40. The van der Waals surface area contributed by atoms with Crippen molar-refractivity contribution < 1.29 is 4.79 Å². The Balaban J connectivity index is 2.27. The van der Waals surface area contributed by atoms with Crippen molar-refractivity contribution in [3.63, 3.8) is 0 Å². The molecular formula is C13H12OS2. The van der Waals surface area contributed by atoms with E-state index in [1.165, 1.54) is 0 Å². The number of carbonyl (C=O) groups excluding carboxylic acids is 1. The predicted octanol–water partition coefficient (Wildman–Crippen LogP) is 4.04. The molecule has 0 N–H and O–H groups in total. The maximum Gasteiger partial charge on any atom is 0.181 e. The molecule has 3 heteroatoms. The Labute approximate surface area is 104 Å². The van der Waals surface area contributed by atoms with Gasteiger partial charge < -0.3 is 0 Å². The molecule has 0 aliphatic carbocycles. The zero-order valence-corrected chi connectivity index (χ0v) is 10.6. The van der Waals surface area contributed by atoms with E-state index < -0.39 is 0 Å². The fourth-order valence-electron chi connectivity index (χ4n) is 1.58. The molecule has 0 saturated heterocycles. The van der Waals surface area contributed by atoms with Gasteiger partial charge in [-0.1, -0.05) is 30.3 Å². The molecule has 2 aromatic rings. The van der Waals surface area contributed by atoms with Crippen LogP contribution in [0.3, 0.4) is 0 Å². The highest BCUT2D eigenvalue weighted by atomic mass is 32.2. The van der Waals surface area contributed by atoms with Crippen LogP contribution in [0.25, 0.3) is 0 Å². The molecule has 0 amide bonds. The molecule has 1 nitrogen and oxygen atoms in total. The molecule has 16 heavy (non-hydrogen) atoms. The van der Waals surface area contributed by atoms with Gasteiger partial charge in [0.2, 0.25) is 0 Å². The Morgan fingerprint density at radius 1 is 1.25 bits per heavy atom. The van der Waals surface area contributed by atoms with E-state index in [0.29, 0.717) is 0 Å². The summed E-state index contributed by atoms with van der Waals surface area (Å²) in [6, 6.07) is 11.8. The van der Waals surface area contributed by atoms with Crippen molar-refractivity contribution in [2.45, 2.75) is 5.25 Å².